The number of nitrogens with one attached hydrogen (secondary N) is 1. The summed E-state index contributed by atoms with van der Waals surface area (Å²) in [4.78, 5) is 23.4. The van der Waals surface area contributed by atoms with E-state index in [-0.39, 0.29) is 6.10 Å². The van der Waals surface area contributed by atoms with E-state index in [0.29, 0.717) is 30.0 Å². The summed E-state index contributed by atoms with van der Waals surface area (Å²) in [6.07, 6.45) is 3.94. The van der Waals surface area contributed by atoms with Crippen molar-refractivity contribution in [3.05, 3.63) is 65.9 Å². The molecule has 7 nitrogen and oxygen atoms in total. The predicted octanol–water partition coefficient (Wildman–Crippen LogP) is 2.62. The molecule has 0 aliphatic carbocycles. The molecule has 1 aliphatic rings. The fraction of sp³-hybridized carbons (Fsp3) is 0.250. The number of benzene rings is 1. The molecule has 2 heterocycles. The minimum Gasteiger partial charge on any atom is -0.478 e. The fourth-order valence-electron chi connectivity index (χ4n) is 2.58. The highest BCUT2D eigenvalue weighted by molar-refractivity contribution is 5.89. The van der Waals surface area contributed by atoms with Crippen LogP contribution in [-0.2, 0) is 20.9 Å². The number of carbonyl (C=O) groups is 2. The Bertz CT molecular complexity index is 867. The van der Waals surface area contributed by atoms with Gasteiger partial charge in [0.1, 0.15) is 0 Å². The monoisotopic (exact) mass is 406 g/mol. The Morgan fingerprint density at radius 3 is 2.48 bits per heavy atom. The summed E-state index contributed by atoms with van der Waals surface area (Å²) in [6.45, 7) is 2.23. The number of carboxylic acids is 2. The van der Waals surface area contributed by atoms with Crippen LogP contribution in [0.25, 0.3) is 11.3 Å². The number of aliphatic carboxylic acids is 2. The van der Waals surface area contributed by atoms with E-state index >= 15 is 0 Å². The van der Waals surface area contributed by atoms with Gasteiger partial charge in [-0.25, -0.2) is 18.4 Å². The van der Waals surface area contributed by atoms with Gasteiger partial charge < -0.3 is 20.3 Å². The van der Waals surface area contributed by atoms with E-state index in [0.717, 1.165) is 37.2 Å². The number of pyridine rings is 1. The van der Waals surface area contributed by atoms with Crippen molar-refractivity contribution in [1.29, 1.82) is 0 Å². The van der Waals surface area contributed by atoms with Gasteiger partial charge in [-0.1, -0.05) is 6.07 Å². The van der Waals surface area contributed by atoms with Crippen molar-refractivity contribution in [3.8, 4) is 11.3 Å². The van der Waals surface area contributed by atoms with E-state index in [2.05, 4.69) is 10.3 Å². The minimum absolute atomic E-state index is 0.197. The number of ether oxygens (including phenoxy) is 1. The van der Waals surface area contributed by atoms with Crippen LogP contribution in [-0.4, -0.2) is 46.3 Å². The summed E-state index contributed by atoms with van der Waals surface area (Å²) in [6, 6.07) is 7.52. The number of carboxylic acid groups (broad SMARTS) is 2. The maximum Gasteiger partial charge on any atom is 0.328 e. The topological polar surface area (TPSA) is 109 Å². The lowest BCUT2D eigenvalue weighted by Crippen LogP contribution is -2.16. The van der Waals surface area contributed by atoms with Crippen molar-refractivity contribution in [3.63, 3.8) is 0 Å². The maximum atomic E-state index is 13.4. The third-order valence-corrected chi connectivity index (χ3v) is 3.94. The third-order valence-electron chi connectivity index (χ3n) is 3.94. The Labute approximate surface area is 165 Å². The number of aromatic nitrogens is 1. The molecule has 0 bridgehead atoms. The van der Waals surface area contributed by atoms with Gasteiger partial charge >= 0.3 is 11.9 Å². The molecule has 0 radical (unpaired) electrons. The lowest BCUT2D eigenvalue weighted by atomic mass is 10.1. The van der Waals surface area contributed by atoms with E-state index < -0.39 is 23.6 Å². The molecule has 0 unspecified atom stereocenters. The highest BCUT2D eigenvalue weighted by Gasteiger charge is 2.16. The van der Waals surface area contributed by atoms with E-state index in [4.69, 9.17) is 14.9 Å². The van der Waals surface area contributed by atoms with Gasteiger partial charge in [-0.05, 0) is 37.2 Å². The Balaban J connectivity index is 0.000000321. The number of halogens is 2. The van der Waals surface area contributed by atoms with Crippen LogP contribution in [0.5, 0.6) is 0 Å². The second-order valence-electron chi connectivity index (χ2n) is 6.08. The minimum atomic E-state index is -1.26. The van der Waals surface area contributed by atoms with Crippen LogP contribution in [0, 0.1) is 11.6 Å². The average molecular weight is 406 g/mol. The first-order chi connectivity index (χ1) is 13.9. The number of rotatable bonds is 6. The summed E-state index contributed by atoms with van der Waals surface area (Å²) in [5, 5.41) is 18.9. The maximum absolute atomic E-state index is 13.4. The number of hydrogen-bond donors (Lipinski definition) is 3. The van der Waals surface area contributed by atoms with Crippen LogP contribution in [0.3, 0.4) is 0 Å². The molecule has 1 atom stereocenters. The van der Waals surface area contributed by atoms with Crippen LogP contribution >= 0.6 is 0 Å². The molecule has 1 saturated heterocycles. The smallest absolute Gasteiger partial charge is 0.328 e. The SMILES string of the molecule is Fc1ccc(-c2ncccc2CO[C@H]2CCNC2)cc1F.O=C(O)C=CC(=O)O. The highest BCUT2D eigenvalue weighted by Crippen LogP contribution is 2.24. The lowest BCUT2D eigenvalue weighted by molar-refractivity contribution is -0.134. The van der Waals surface area contributed by atoms with Gasteiger partial charge in [0.15, 0.2) is 11.6 Å². The second-order valence-corrected chi connectivity index (χ2v) is 6.08. The summed E-state index contributed by atoms with van der Waals surface area (Å²) in [7, 11) is 0. The predicted molar refractivity (Wildman–Crippen MR) is 100 cm³/mol. The van der Waals surface area contributed by atoms with Gasteiger partial charge in [-0.15, -0.1) is 0 Å². The van der Waals surface area contributed by atoms with E-state index in [1.807, 2.05) is 12.1 Å². The zero-order valence-electron chi connectivity index (χ0n) is 15.3. The molecule has 9 heteroatoms. The van der Waals surface area contributed by atoms with Crippen LogP contribution in [0.2, 0.25) is 0 Å². The van der Waals surface area contributed by atoms with Crippen LogP contribution in [0.15, 0.2) is 48.7 Å². The summed E-state index contributed by atoms with van der Waals surface area (Å²) in [5.41, 5.74) is 2.05. The van der Waals surface area contributed by atoms with Gasteiger partial charge in [0.05, 0.1) is 18.4 Å². The first-order valence-electron chi connectivity index (χ1n) is 8.72. The summed E-state index contributed by atoms with van der Waals surface area (Å²) < 4.78 is 32.3. The molecular formula is C20H20F2N2O5. The molecular weight excluding hydrogens is 386 g/mol. The molecule has 1 fully saturated rings. The Morgan fingerprint density at radius 2 is 1.90 bits per heavy atom. The Morgan fingerprint density at radius 1 is 1.17 bits per heavy atom. The van der Waals surface area contributed by atoms with Gasteiger partial charge in [0.2, 0.25) is 0 Å². The van der Waals surface area contributed by atoms with Crippen molar-refractivity contribution in [2.24, 2.45) is 0 Å². The normalized spacial score (nSPS) is 15.7. The first kappa shape index (κ1) is 22.1. The molecule has 1 aromatic carbocycles. The molecule has 2 aromatic rings. The Hall–Kier alpha value is -3.17. The van der Waals surface area contributed by atoms with Crippen LogP contribution < -0.4 is 5.32 Å². The standard InChI is InChI=1S/C16H16F2N2O.C4H4O4/c17-14-4-3-11(8-15(14)18)16-12(2-1-6-20-16)10-21-13-5-7-19-9-13;5-3(6)1-2-4(7)8/h1-4,6,8,13,19H,5,7,9-10H2;1-2H,(H,5,6)(H,7,8)/t13-;/m0./s1. The molecule has 3 rings (SSSR count). The quantitative estimate of drug-likeness (QED) is 0.633. The molecule has 0 saturated carbocycles. The first-order valence-corrected chi connectivity index (χ1v) is 8.72. The van der Waals surface area contributed by atoms with Crippen LogP contribution in [0.4, 0.5) is 8.78 Å². The molecule has 0 amide bonds. The molecule has 29 heavy (non-hydrogen) atoms. The van der Waals surface area contributed by atoms with Gasteiger partial charge in [0.25, 0.3) is 0 Å². The summed E-state index contributed by atoms with van der Waals surface area (Å²) in [5.74, 6) is -4.24. The summed E-state index contributed by atoms with van der Waals surface area (Å²) >= 11 is 0. The molecule has 3 N–H and O–H groups in total. The van der Waals surface area contributed by atoms with Crippen molar-refractivity contribution in [1.82, 2.24) is 10.3 Å². The highest BCUT2D eigenvalue weighted by atomic mass is 19.2. The zero-order chi connectivity index (χ0) is 21.2. The number of nitrogens with zero attached hydrogens (tertiary/aromatic N) is 1. The van der Waals surface area contributed by atoms with Gasteiger partial charge in [-0.3, -0.25) is 4.98 Å². The molecule has 1 aromatic heterocycles. The van der Waals surface area contributed by atoms with E-state index in [1.54, 1.807) is 6.20 Å². The van der Waals surface area contributed by atoms with Gasteiger partial charge in [-0.2, -0.15) is 0 Å². The van der Waals surface area contributed by atoms with Crippen LogP contribution in [0.1, 0.15) is 12.0 Å². The second kappa shape index (κ2) is 11.0. The fourth-order valence-corrected chi connectivity index (χ4v) is 2.58. The van der Waals surface area contributed by atoms with Crippen molar-refractivity contribution in [2.45, 2.75) is 19.1 Å². The van der Waals surface area contributed by atoms with Crippen molar-refractivity contribution in [2.75, 3.05) is 13.1 Å². The van der Waals surface area contributed by atoms with E-state index in [9.17, 15) is 18.4 Å². The molecule has 154 valence electrons. The van der Waals surface area contributed by atoms with Crippen molar-refractivity contribution < 1.29 is 33.3 Å². The van der Waals surface area contributed by atoms with E-state index in [1.165, 1.54) is 6.07 Å². The zero-order valence-corrected chi connectivity index (χ0v) is 15.3. The third kappa shape index (κ3) is 7.40. The largest absolute Gasteiger partial charge is 0.478 e. The molecule has 0 spiro atoms. The average Bonchev–Trinajstić information content (AvgIpc) is 3.21. The lowest BCUT2D eigenvalue weighted by Gasteiger charge is -2.13. The van der Waals surface area contributed by atoms with Gasteiger partial charge in [0, 0.05) is 36.0 Å². The molecule has 1 aliphatic heterocycles. The van der Waals surface area contributed by atoms with Crippen molar-refractivity contribution >= 4 is 11.9 Å². The number of hydrogen-bond acceptors (Lipinski definition) is 5. The Kier molecular flexibility index (Phi) is 8.38.